The first-order chi connectivity index (χ1) is 13.8. The Hall–Kier alpha value is -0.800. The predicted octanol–water partition coefficient (Wildman–Crippen LogP) is 3.56. The maximum atomic E-state index is 5.77. The largest absolute Gasteiger partial charge is 0.469 e. The highest BCUT2D eigenvalue weighted by atomic mass is 127. The van der Waals surface area contributed by atoms with Crippen molar-refractivity contribution in [2.45, 2.75) is 44.6 Å². The topological polar surface area (TPSA) is 59.2 Å². The van der Waals surface area contributed by atoms with Gasteiger partial charge in [-0.25, -0.2) is 0 Å². The molecule has 2 saturated carbocycles. The Kier molecular flexibility index (Phi) is 9.11. The second-order valence-electron chi connectivity index (χ2n) is 8.63. The Labute approximate surface area is 191 Å². The number of aliphatic imine (C=N–C) groups is 1. The lowest BCUT2D eigenvalue weighted by Gasteiger charge is -2.29. The van der Waals surface area contributed by atoms with E-state index in [0.29, 0.717) is 25.2 Å². The quantitative estimate of drug-likeness (QED) is 0.235. The molecule has 1 aromatic rings. The Balaban J connectivity index is 0.00000240. The molecular formula is C22H36IN3O3. The van der Waals surface area contributed by atoms with E-state index in [1.54, 1.807) is 13.4 Å². The van der Waals surface area contributed by atoms with Gasteiger partial charge in [-0.2, -0.15) is 0 Å². The Morgan fingerprint density at radius 3 is 2.93 bits per heavy atom. The molecule has 4 rings (SSSR count). The molecule has 6 nitrogen and oxygen atoms in total. The molecular weight excluding hydrogens is 481 g/mol. The molecule has 2 bridgehead atoms. The summed E-state index contributed by atoms with van der Waals surface area (Å²) in [7, 11) is 1.72. The number of hydrogen-bond acceptors (Lipinski definition) is 4. The molecule has 1 aliphatic heterocycles. The number of halogens is 1. The second kappa shape index (κ2) is 11.6. The number of furan rings is 1. The van der Waals surface area contributed by atoms with Crippen LogP contribution in [0.25, 0.3) is 0 Å². The zero-order chi connectivity index (χ0) is 19.2. The number of methoxy groups -OCH3 is 1. The molecule has 29 heavy (non-hydrogen) atoms. The summed E-state index contributed by atoms with van der Waals surface area (Å²) in [6.07, 6.45) is 9.31. The van der Waals surface area contributed by atoms with E-state index >= 15 is 0 Å². The van der Waals surface area contributed by atoms with Crippen molar-refractivity contribution in [3.63, 3.8) is 0 Å². The van der Waals surface area contributed by atoms with Gasteiger partial charge in [0, 0.05) is 45.1 Å². The molecule has 0 amide bonds. The lowest BCUT2D eigenvalue weighted by atomic mass is 9.95. The molecule has 3 fully saturated rings. The van der Waals surface area contributed by atoms with Gasteiger partial charge in [-0.05, 0) is 49.7 Å². The van der Waals surface area contributed by atoms with Crippen LogP contribution in [0.15, 0.2) is 27.8 Å². The minimum absolute atomic E-state index is 0. The SMILES string of the molecule is COCCOCC1CCN(C(=NCCc2ccco2)NC2CC3CCC2C3)C1.I. The van der Waals surface area contributed by atoms with Gasteiger partial charge in [0.15, 0.2) is 5.96 Å². The summed E-state index contributed by atoms with van der Waals surface area (Å²) in [5, 5.41) is 3.85. The van der Waals surface area contributed by atoms with Crippen LogP contribution in [0.2, 0.25) is 0 Å². The van der Waals surface area contributed by atoms with E-state index in [1.807, 2.05) is 12.1 Å². The van der Waals surface area contributed by atoms with Gasteiger partial charge in [-0.1, -0.05) is 6.42 Å². The number of hydrogen-bond donors (Lipinski definition) is 1. The van der Waals surface area contributed by atoms with Crippen LogP contribution in [0.3, 0.4) is 0 Å². The number of fused-ring (bicyclic) bond motifs is 2. The molecule has 2 heterocycles. The van der Waals surface area contributed by atoms with Crippen LogP contribution in [0.4, 0.5) is 0 Å². The van der Waals surface area contributed by atoms with Gasteiger partial charge >= 0.3 is 0 Å². The highest BCUT2D eigenvalue weighted by Crippen LogP contribution is 2.44. The first-order valence-electron chi connectivity index (χ1n) is 11.0. The third kappa shape index (κ3) is 6.34. The summed E-state index contributed by atoms with van der Waals surface area (Å²) in [4.78, 5) is 7.43. The van der Waals surface area contributed by atoms with E-state index in [4.69, 9.17) is 18.9 Å². The zero-order valence-corrected chi connectivity index (χ0v) is 19.9. The minimum Gasteiger partial charge on any atom is -0.469 e. The van der Waals surface area contributed by atoms with E-state index < -0.39 is 0 Å². The number of ether oxygens (including phenoxy) is 2. The highest BCUT2D eigenvalue weighted by molar-refractivity contribution is 14.0. The third-order valence-corrected chi connectivity index (χ3v) is 6.62. The second-order valence-corrected chi connectivity index (χ2v) is 8.63. The predicted molar refractivity (Wildman–Crippen MR) is 125 cm³/mol. The van der Waals surface area contributed by atoms with Gasteiger partial charge in [0.25, 0.3) is 0 Å². The van der Waals surface area contributed by atoms with Gasteiger partial charge in [0.05, 0.1) is 26.1 Å². The fourth-order valence-corrected chi connectivity index (χ4v) is 5.10. The van der Waals surface area contributed by atoms with Crippen molar-refractivity contribution in [1.82, 2.24) is 10.2 Å². The molecule has 0 spiro atoms. The van der Waals surface area contributed by atoms with Crippen LogP contribution < -0.4 is 5.32 Å². The van der Waals surface area contributed by atoms with Crippen LogP contribution in [-0.2, 0) is 15.9 Å². The summed E-state index contributed by atoms with van der Waals surface area (Å²) >= 11 is 0. The van der Waals surface area contributed by atoms with Crippen molar-refractivity contribution in [3.05, 3.63) is 24.2 Å². The van der Waals surface area contributed by atoms with Gasteiger partial charge < -0.3 is 24.1 Å². The van der Waals surface area contributed by atoms with Gasteiger partial charge in [0.2, 0.25) is 0 Å². The minimum atomic E-state index is 0. The number of nitrogens with zero attached hydrogens (tertiary/aromatic N) is 2. The van der Waals surface area contributed by atoms with E-state index in [2.05, 4.69) is 10.2 Å². The molecule has 3 aliphatic rings. The zero-order valence-electron chi connectivity index (χ0n) is 17.6. The van der Waals surface area contributed by atoms with Crippen molar-refractivity contribution >= 4 is 29.9 Å². The lowest BCUT2D eigenvalue weighted by Crippen LogP contribution is -2.47. The number of likely N-dealkylation sites (tertiary alicyclic amines) is 1. The molecule has 0 aromatic carbocycles. The standard InChI is InChI=1S/C22H35N3O3.HI/c1-26-11-12-27-16-18-7-9-25(15-18)22(23-8-6-20-3-2-10-28-20)24-21-14-17-4-5-19(21)13-17;/h2-3,10,17-19,21H,4-9,11-16H2,1H3,(H,23,24);1H. The average molecular weight is 517 g/mol. The fraction of sp³-hybridized carbons (Fsp3) is 0.773. The first-order valence-corrected chi connectivity index (χ1v) is 11.0. The molecule has 4 unspecified atom stereocenters. The summed E-state index contributed by atoms with van der Waals surface area (Å²) in [5.41, 5.74) is 0. The molecule has 1 N–H and O–H groups in total. The van der Waals surface area contributed by atoms with Crippen LogP contribution in [-0.4, -0.2) is 63.5 Å². The van der Waals surface area contributed by atoms with Gasteiger partial charge in [-0.15, -0.1) is 24.0 Å². The van der Waals surface area contributed by atoms with Crippen molar-refractivity contribution < 1.29 is 13.9 Å². The van der Waals surface area contributed by atoms with Crippen LogP contribution >= 0.6 is 24.0 Å². The number of rotatable bonds is 9. The van der Waals surface area contributed by atoms with Crippen molar-refractivity contribution in [2.24, 2.45) is 22.7 Å². The van der Waals surface area contributed by atoms with E-state index in [0.717, 1.165) is 56.2 Å². The molecule has 4 atom stereocenters. The van der Waals surface area contributed by atoms with Gasteiger partial charge in [-0.3, -0.25) is 4.99 Å². The van der Waals surface area contributed by atoms with E-state index in [9.17, 15) is 0 Å². The Bertz CT molecular complexity index is 625. The van der Waals surface area contributed by atoms with Crippen LogP contribution in [0, 0.1) is 17.8 Å². The summed E-state index contributed by atoms with van der Waals surface area (Å²) in [6, 6.07) is 4.59. The van der Waals surface area contributed by atoms with E-state index in [1.165, 1.54) is 32.1 Å². The number of guanidine groups is 1. The Morgan fingerprint density at radius 2 is 2.21 bits per heavy atom. The van der Waals surface area contributed by atoms with Crippen LogP contribution in [0.5, 0.6) is 0 Å². The highest BCUT2D eigenvalue weighted by Gasteiger charge is 2.40. The lowest BCUT2D eigenvalue weighted by molar-refractivity contribution is 0.0536. The average Bonchev–Trinajstić information content (AvgIpc) is 3.50. The molecule has 1 saturated heterocycles. The smallest absolute Gasteiger partial charge is 0.194 e. The Morgan fingerprint density at radius 1 is 1.28 bits per heavy atom. The molecule has 2 aliphatic carbocycles. The summed E-state index contributed by atoms with van der Waals surface area (Å²) in [5.74, 6) is 4.47. The molecule has 0 radical (unpaired) electrons. The maximum Gasteiger partial charge on any atom is 0.194 e. The van der Waals surface area contributed by atoms with Crippen molar-refractivity contribution in [3.8, 4) is 0 Å². The summed E-state index contributed by atoms with van der Waals surface area (Å²) < 4.78 is 16.3. The van der Waals surface area contributed by atoms with Gasteiger partial charge in [0.1, 0.15) is 5.76 Å². The molecule has 1 aromatic heterocycles. The van der Waals surface area contributed by atoms with E-state index in [-0.39, 0.29) is 24.0 Å². The summed E-state index contributed by atoms with van der Waals surface area (Å²) in [6.45, 7) is 5.02. The third-order valence-electron chi connectivity index (χ3n) is 6.62. The fourth-order valence-electron chi connectivity index (χ4n) is 5.10. The maximum absolute atomic E-state index is 5.77. The molecule has 7 heteroatoms. The van der Waals surface area contributed by atoms with Crippen LogP contribution in [0.1, 0.15) is 37.9 Å². The van der Waals surface area contributed by atoms with Crippen molar-refractivity contribution in [2.75, 3.05) is 46.6 Å². The molecule has 164 valence electrons. The number of nitrogens with one attached hydrogen (secondary N) is 1. The monoisotopic (exact) mass is 517 g/mol. The van der Waals surface area contributed by atoms with Crippen molar-refractivity contribution in [1.29, 1.82) is 0 Å². The normalized spacial score (nSPS) is 28.7. The first kappa shape index (κ1) is 22.9.